The molecule has 0 aliphatic rings. The van der Waals surface area contributed by atoms with Gasteiger partial charge in [-0.15, -0.1) is 0 Å². The van der Waals surface area contributed by atoms with Crippen molar-refractivity contribution in [1.29, 1.82) is 0 Å². The molecule has 0 radical (unpaired) electrons. The molecule has 1 nitrogen and oxygen atoms in total. The van der Waals surface area contributed by atoms with E-state index in [2.05, 4.69) is 13.1 Å². The molecule has 0 fully saturated rings. The molecule has 0 N–H and O–H groups in total. The maximum absolute atomic E-state index is 12.8. The summed E-state index contributed by atoms with van der Waals surface area (Å²) in [4.78, 5) is 11.8. The van der Waals surface area contributed by atoms with Crippen molar-refractivity contribution >= 4 is 19.0 Å². The van der Waals surface area contributed by atoms with Crippen LogP contribution in [0, 0.1) is 0 Å². The number of carbonyl (C=O) groups is 1. The fourth-order valence-electron chi connectivity index (χ4n) is 3.05. The van der Waals surface area contributed by atoms with Crippen LogP contribution in [0.2, 0.25) is 13.1 Å². The van der Waals surface area contributed by atoms with Gasteiger partial charge in [0.15, 0.2) is 0 Å². The lowest BCUT2D eigenvalue weighted by atomic mass is 10.0. The Labute approximate surface area is 141 Å². The van der Waals surface area contributed by atoms with Crippen LogP contribution < -0.4 is 5.19 Å². The molecule has 128 valence electrons. The van der Waals surface area contributed by atoms with Gasteiger partial charge in [0.2, 0.25) is 0 Å². The van der Waals surface area contributed by atoms with Crippen molar-refractivity contribution < 1.29 is 18.0 Å². The number of carbonyl (C=O) groups excluding carboxylic acids is 1. The minimum Gasteiger partial charge on any atom is -0.300 e. The second-order valence-corrected chi connectivity index (χ2v) is 11.4. The van der Waals surface area contributed by atoms with Crippen LogP contribution in [-0.2, 0) is 11.0 Å². The highest BCUT2D eigenvalue weighted by Gasteiger charge is 2.36. The Hall–Kier alpha value is -1.88. The molecule has 0 unspecified atom stereocenters. The fourth-order valence-corrected chi connectivity index (χ4v) is 6.33. The van der Waals surface area contributed by atoms with Crippen LogP contribution in [-0.4, -0.2) is 13.9 Å². The van der Waals surface area contributed by atoms with Gasteiger partial charge in [0.05, 0.1) is 13.6 Å². The molecule has 0 amide bonds. The fraction of sp³-hybridized carbons (Fsp3) is 0.316. The number of hydrogen-bond donors (Lipinski definition) is 0. The van der Waals surface area contributed by atoms with Crippen LogP contribution in [0.25, 0.3) is 0 Å². The average molecular weight is 350 g/mol. The van der Waals surface area contributed by atoms with Gasteiger partial charge in [0.25, 0.3) is 0 Å². The molecule has 24 heavy (non-hydrogen) atoms. The van der Waals surface area contributed by atoms with Gasteiger partial charge in [0.1, 0.15) is 5.78 Å². The van der Waals surface area contributed by atoms with Gasteiger partial charge in [-0.25, -0.2) is 0 Å². The van der Waals surface area contributed by atoms with E-state index in [9.17, 15) is 18.0 Å². The summed E-state index contributed by atoms with van der Waals surface area (Å²) in [6, 6.07) is 15.2. The molecular formula is C19H21F3OSi. The maximum Gasteiger partial charge on any atom is 0.416 e. The molecule has 2 rings (SSSR count). The second kappa shape index (κ2) is 6.93. The van der Waals surface area contributed by atoms with Gasteiger partial charge < -0.3 is 4.79 Å². The molecule has 1 atom stereocenters. The van der Waals surface area contributed by atoms with Crippen molar-refractivity contribution in [2.75, 3.05) is 0 Å². The molecule has 0 aliphatic carbocycles. The number of Topliss-reactive ketones (excluding diaryl/α,β-unsaturated/α-hetero) is 1. The molecule has 0 heterocycles. The first-order valence-corrected chi connectivity index (χ1v) is 10.9. The number of alkyl halides is 3. The maximum atomic E-state index is 12.8. The summed E-state index contributed by atoms with van der Waals surface area (Å²) < 4.78 is 38.4. The number of benzene rings is 2. The third kappa shape index (κ3) is 4.14. The Morgan fingerprint density at radius 3 is 2.00 bits per heavy atom. The van der Waals surface area contributed by atoms with E-state index in [1.54, 1.807) is 0 Å². The highest BCUT2D eigenvalue weighted by Crippen LogP contribution is 2.34. The van der Waals surface area contributed by atoms with Gasteiger partial charge >= 0.3 is 6.18 Å². The molecule has 0 saturated carbocycles. The van der Waals surface area contributed by atoms with Gasteiger partial charge in [-0.1, -0.05) is 60.7 Å². The summed E-state index contributed by atoms with van der Waals surface area (Å²) in [6.07, 6.45) is -4.00. The van der Waals surface area contributed by atoms with E-state index in [1.807, 2.05) is 30.3 Å². The van der Waals surface area contributed by atoms with Crippen molar-refractivity contribution in [1.82, 2.24) is 0 Å². The Kier molecular flexibility index (Phi) is 5.33. The van der Waals surface area contributed by atoms with Crippen LogP contribution in [0.4, 0.5) is 13.2 Å². The van der Waals surface area contributed by atoms with Crippen LogP contribution in [0.1, 0.15) is 30.0 Å². The predicted molar refractivity (Wildman–Crippen MR) is 93.0 cm³/mol. The van der Waals surface area contributed by atoms with Crippen LogP contribution in [0.3, 0.4) is 0 Å². The van der Waals surface area contributed by atoms with Crippen molar-refractivity contribution in [2.24, 2.45) is 0 Å². The minimum absolute atomic E-state index is 0.0522. The lowest BCUT2D eigenvalue weighted by Crippen LogP contribution is -2.48. The van der Waals surface area contributed by atoms with Crippen LogP contribution in [0.15, 0.2) is 54.6 Å². The van der Waals surface area contributed by atoms with E-state index in [4.69, 9.17) is 0 Å². The lowest BCUT2D eigenvalue weighted by Gasteiger charge is -2.33. The van der Waals surface area contributed by atoms with E-state index in [0.717, 1.165) is 17.7 Å². The van der Waals surface area contributed by atoms with Crippen molar-refractivity contribution in [3.05, 3.63) is 65.7 Å². The monoisotopic (exact) mass is 350 g/mol. The Balaban J connectivity index is 2.44. The highest BCUT2D eigenvalue weighted by molar-refractivity contribution is 6.91. The van der Waals surface area contributed by atoms with E-state index in [-0.39, 0.29) is 11.3 Å². The second-order valence-electron chi connectivity index (χ2n) is 6.67. The molecule has 0 aliphatic heterocycles. The van der Waals surface area contributed by atoms with Crippen molar-refractivity contribution in [2.45, 2.75) is 38.2 Å². The zero-order chi connectivity index (χ0) is 18.0. The molecule has 0 spiro atoms. The van der Waals surface area contributed by atoms with E-state index < -0.39 is 19.8 Å². The first-order valence-electron chi connectivity index (χ1n) is 7.84. The molecular weight excluding hydrogens is 329 g/mol. The van der Waals surface area contributed by atoms with Crippen molar-refractivity contribution in [3.8, 4) is 0 Å². The third-order valence-corrected chi connectivity index (χ3v) is 8.62. The number of hydrogen-bond acceptors (Lipinski definition) is 1. The normalized spacial score (nSPS) is 13.6. The van der Waals surface area contributed by atoms with Gasteiger partial charge in [0, 0.05) is 6.42 Å². The van der Waals surface area contributed by atoms with Gasteiger partial charge in [-0.05, 0) is 30.2 Å². The average Bonchev–Trinajstić information content (AvgIpc) is 2.52. The number of halogens is 3. The zero-order valence-electron chi connectivity index (χ0n) is 14.0. The summed E-state index contributed by atoms with van der Waals surface area (Å²) in [5.74, 6) is 0.0522. The summed E-state index contributed by atoms with van der Waals surface area (Å²) >= 11 is 0. The molecule has 0 bridgehead atoms. The smallest absolute Gasteiger partial charge is 0.300 e. The standard InChI is InChI=1S/C19H21F3OSi/c1-14(23)13-18(24(2,3)17-7-5-4-6-8-17)15-9-11-16(12-10-15)19(20,21)22/h4-12,18H,13H2,1-3H3/t18-/m0/s1. The van der Waals surface area contributed by atoms with Crippen LogP contribution in [0.5, 0.6) is 0 Å². The minimum atomic E-state index is -4.35. The zero-order valence-corrected chi connectivity index (χ0v) is 15.0. The SMILES string of the molecule is CC(=O)C[C@@H](c1ccc(C(F)(F)F)cc1)[Si](C)(C)c1ccccc1. The van der Waals surface area contributed by atoms with E-state index in [0.29, 0.717) is 6.42 Å². The van der Waals surface area contributed by atoms with Crippen molar-refractivity contribution in [3.63, 3.8) is 0 Å². The van der Waals surface area contributed by atoms with Crippen LogP contribution >= 0.6 is 0 Å². The molecule has 5 heteroatoms. The van der Waals surface area contributed by atoms with Gasteiger partial charge in [-0.2, -0.15) is 13.2 Å². The Bertz CT molecular complexity index is 691. The largest absolute Gasteiger partial charge is 0.416 e. The van der Waals surface area contributed by atoms with E-state index >= 15 is 0 Å². The molecule has 2 aromatic carbocycles. The topological polar surface area (TPSA) is 17.1 Å². The number of ketones is 1. The molecule has 0 saturated heterocycles. The lowest BCUT2D eigenvalue weighted by molar-refractivity contribution is -0.137. The van der Waals surface area contributed by atoms with E-state index in [1.165, 1.54) is 24.2 Å². The Morgan fingerprint density at radius 2 is 1.54 bits per heavy atom. The molecule has 0 aromatic heterocycles. The molecule has 2 aromatic rings. The quantitative estimate of drug-likeness (QED) is 0.699. The number of rotatable bonds is 5. The first-order chi connectivity index (χ1) is 11.1. The Morgan fingerprint density at radius 1 is 1.00 bits per heavy atom. The first kappa shape index (κ1) is 18.5. The summed E-state index contributed by atoms with van der Waals surface area (Å²) in [5.41, 5.74) is 0.0883. The summed E-state index contributed by atoms with van der Waals surface area (Å²) in [6.45, 7) is 5.85. The highest BCUT2D eigenvalue weighted by atomic mass is 28.3. The summed E-state index contributed by atoms with van der Waals surface area (Å²) in [5, 5.41) is 1.19. The van der Waals surface area contributed by atoms with Gasteiger partial charge in [-0.3, -0.25) is 0 Å². The third-order valence-electron chi connectivity index (χ3n) is 4.52. The predicted octanol–water partition coefficient (Wildman–Crippen LogP) is 4.92. The summed E-state index contributed by atoms with van der Waals surface area (Å²) in [7, 11) is -2.08.